The number of hydrogen-bond donors (Lipinski definition) is 1. The molecule has 118 valence electrons. The Morgan fingerprint density at radius 1 is 1.05 bits per heavy atom. The summed E-state index contributed by atoms with van der Waals surface area (Å²) >= 11 is 0. The molecule has 1 saturated heterocycles. The van der Waals surface area contributed by atoms with E-state index in [2.05, 4.69) is 37.5 Å². The van der Waals surface area contributed by atoms with E-state index in [-0.39, 0.29) is 5.41 Å². The molecule has 0 radical (unpaired) electrons. The van der Waals surface area contributed by atoms with Crippen molar-refractivity contribution in [3.63, 3.8) is 0 Å². The molecular weight excluding hydrogens is 260 g/mol. The number of aliphatic hydroxyl groups excluding tert-OH is 1. The number of benzene rings is 1. The molecular formula is C18H30N2O. The molecule has 0 spiro atoms. The van der Waals surface area contributed by atoms with E-state index in [0.717, 1.165) is 38.3 Å². The Morgan fingerprint density at radius 3 is 2.14 bits per heavy atom. The molecule has 3 heteroatoms. The lowest BCUT2D eigenvalue weighted by molar-refractivity contribution is 0.00420. The maximum atomic E-state index is 10.7. The summed E-state index contributed by atoms with van der Waals surface area (Å²) in [6.45, 7) is 14.3. The third-order valence-electron chi connectivity index (χ3n) is 4.62. The van der Waals surface area contributed by atoms with Crippen LogP contribution >= 0.6 is 0 Å². The van der Waals surface area contributed by atoms with Gasteiger partial charge in [-0.25, -0.2) is 0 Å². The summed E-state index contributed by atoms with van der Waals surface area (Å²) in [5.74, 6) is 0. The van der Waals surface area contributed by atoms with Crippen LogP contribution in [0.4, 0.5) is 0 Å². The summed E-state index contributed by atoms with van der Waals surface area (Å²) in [5.41, 5.74) is 0.879. The molecule has 1 aliphatic rings. The van der Waals surface area contributed by atoms with Crippen LogP contribution in [0.2, 0.25) is 0 Å². The highest BCUT2D eigenvalue weighted by molar-refractivity contribution is 5.19. The van der Waals surface area contributed by atoms with E-state index in [9.17, 15) is 5.11 Å². The van der Waals surface area contributed by atoms with Crippen molar-refractivity contribution in [1.82, 2.24) is 9.80 Å². The van der Waals surface area contributed by atoms with Crippen LogP contribution in [0.15, 0.2) is 30.3 Å². The van der Waals surface area contributed by atoms with Gasteiger partial charge in [-0.1, -0.05) is 44.2 Å². The van der Waals surface area contributed by atoms with E-state index in [1.165, 1.54) is 0 Å². The number of aliphatic hydroxyl groups is 1. The van der Waals surface area contributed by atoms with Crippen molar-refractivity contribution < 1.29 is 5.11 Å². The van der Waals surface area contributed by atoms with Gasteiger partial charge in [0.1, 0.15) is 0 Å². The van der Waals surface area contributed by atoms with Crippen LogP contribution in [0.1, 0.15) is 39.4 Å². The normalized spacial score (nSPS) is 19.9. The lowest BCUT2D eigenvalue weighted by atomic mass is 9.82. The van der Waals surface area contributed by atoms with Crippen LogP contribution in [0.25, 0.3) is 0 Å². The molecule has 1 aromatic carbocycles. The number of piperazine rings is 1. The van der Waals surface area contributed by atoms with Gasteiger partial charge in [-0.05, 0) is 19.4 Å². The maximum Gasteiger partial charge on any atom is 0.0853 e. The van der Waals surface area contributed by atoms with Gasteiger partial charge in [0, 0.05) is 44.2 Å². The van der Waals surface area contributed by atoms with Gasteiger partial charge in [-0.15, -0.1) is 0 Å². The smallest absolute Gasteiger partial charge is 0.0853 e. The van der Waals surface area contributed by atoms with E-state index in [1.54, 1.807) is 0 Å². The van der Waals surface area contributed by atoms with Crippen molar-refractivity contribution in [3.05, 3.63) is 35.9 Å². The van der Waals surface area contributed by atoms with E-state index in [0.29, 0.717) is 6.04 Å². The molecule has 0 amide bonds. The summed E-state index contributed by atoms with van der Waals surface area (Å²) < 4.78 is 0. The van der Waals surface area contributed by atoms with Crippen LogP contribution < -0.4 is 0 Å². The Kier molecular flexibility index (Phi) is 5.42. The number of rotatable bonds is 5. The average molecular weight is 290 g/mol. The van der Waals surface area contributed by atoms with Crippen LogP contribution in [-0.4, -0.2) is 53.7 Å². The zero-order chi connectivity index (χ0) is 15.5. The zero-order valence-electron chi connectivity index (χ0n) is 13.9. The molecule has 1 aromatic rings. The molecule has 1 N–H and O–H groups in total. The summed E-state index contributed by atoms with van der Waals surface area (Å²) in [7, 11) is 0. The topological polar surface area (TPSA) is 26.7 Å². The Balaban J connectivity index is 1.92. The largest absolute Gasteiger partial charge is 0.388 e. The number of nitrogens with zero attached hydrogens (tertiary/aromatic N) is 2. The van der Waals surface area contributed by atoms with Crippen molar-refractivity contribution in [3.8, 4) is 0 Å². The van der Waals surface area contributed by atoms with Gasteiger partial charge >= 0.3 is 0 Å². The molecule has 1 aliphatic heterocycles. The molecule has 1 atom stereocenters. The molecule has 0 aromatic heterocycles. The lowest BCUT2D eigenvalue weighted by Gasteiger charge is -2.41. The fourth-order valence-electron chi connectivity index (χ4n) is 3.19. The fourth-order valence-corrected chi connectivity index (χ4v) is 3.19. The molecule has 0 saturated carbocycles. The minimum Gasteiger partial charge on any atom is -0.388 e. The quantitative estimate of drug-likeness (QED) is 0.903. The van der Waals surface area contributed by atoms with Gasteiger partial charge in [-0.2, -0.15) is 0 Å². The minimum absolute atomic E-state index is 0.138. The van der Waals surface area contributed by atoms with Crippen molar-refractivity contribution in [2.75, 3.05) is 32.7 Å². The Hall–Kier alpha value is -0.900. The van der Waals surface area contributed by atoms with E-state index in [4.69, 9.17) is 0 Å². The second kappa shape index (κ2) is 6.91. The van der Waals surface area contributed by atoms with Crippen LogP contribution in [0.5, 0.6) is 0 Å². The van der Waals surface area contributed by atoms with Crippen LogP contribution in [0, 0.1) is 5.41 Å². The molecule has 21 heavy (non-hydrogen) atoms. The summed E-state index contributed by atoms with van der Waals surface area (Å²) in [5, 5.41) is 10.7. The van der Waals surface area contributed by atoms with E-state index >= 15 is 0 Å². The third kappa shape index (κ3) is 4.29. The van der Waals surface area contributed by atoms with Gasteiger partial charge < -0.3 is 10.0 Å². The zero-order valence-corrected chi connectivity index (χ0v) is 13.9. The van der Waals surface area contributed by atoms with Gasteiger partial charge in [-0.3, -0.25) is 4.90 Å². The second-order valence-electron chi connectivity index (χ2n) is 7.21. The highest BCUT2D eigenvalue weighted by Crippen LogP contribution is 2.34. The maximum absolute atomic E-state index is 10.7. The van der Waals surface area contributed by atoms with Gasteiger partial charge in [0.25, 0.3) is 0 Å². The molecule has 1 heterocycles. The van der Waals surface area contributed by atoms with Crippen molar-refractivity contribution in [2.45, 2.75) is 39.8 Å². The molecule has 0 bridgehead atoms. The number of hydrogen-bond acceptors (Lipinski definition) is 3. The van der Waals surface area contributed by atoms with Crippen molar-refractivity contribution in [2.24, 2.45) is 5.41 Å². The van der Waals surface area contributed by atoms with E-state index < -0.39 is 6.10 Å². The molecule has 0 aliphatic carbocycles. The first-order valence-electron chi connectivity index (χ1n) is 8.09. The summed E-state index contributed by atoms with van der Waals surface area (Å²) in [6.07, 6.45) is -0.415. The SMILES string of the molecule is CC(C)N1CCN(CC(C)(C)C(O)c2ccccc2)CC1. The highest BCUT2D eigenvalue weighted by atomic mass is 16.3. The highest BCUT2D eigenvalue weighted by Gasteiger charge is 2.32. The summed E-state index contributed by atoms with van der Waals surface area (Å²) in [4.78, 5) is 5.02. The molecule has 2 rings (SSSR count). The average Bonchev–Trinajstić information content (AvgIpc) is 2.47. The molecule has 3 nitrogen and oxygen atoms in total. The summed E-state index contributed by atoms with van der Waals surface area (Å²) in [6, 6.07) is 10.7. The minimum atomic E-state index is -0.415. The Morgan fingerprint density at radius 2 is 1.62 bits per heavy atom. The molecule has 1 unspecified atom stereocenters. The predicted octanol–water partition coefficient (Wildman–Crippen LogP) is 2.77. The first-order valence-corrected chi connectivity index (χ1v) is 8.09. The monoisotopic (exact) mass is 290 g/mol. The van der Waals surface area contributed by atoms with Gasteiger partial charge in [0.15, 0.2) is 0 Å². The molecule has 1 fully saturated rings. The van der Waals surface area contributed by atoms with Crippen molar-refractivity contribution >= 4 is 0 Å². The van der Waals surface area contributed by atoms with Crippen LogP contribution in [-0.2, 0) is 0 Å². The van der Waals surface area contributed by atoms with Crippen molar-refractivity contribution in [1.29, 1.82) is 0 Å². The predicted molar refractivity (Wildman–Crippen MR) is 88.3 cm³/mol. The van der Waals surface area contributed by atoms with E-state index in [1.807, 2.05) is 30.3 Å². The fraction of sp³-hybridized carbons (Fsp3) is 0.667. The standard InChI is InChI=1S/C18H30N2O/c1-15(2)20-12-10-19(11-13-20)14-18(3,4)17(21)16-8-6-5-7-9-16/h5-9,15,17,21H,10-14H2,1-4H3. The third-order valence-corrected chi connectivity index (χ3v) is 4.62. The Labute approximate surface area is 129 Å². The Bertz CT molecular complexity index is 422. The lowest BCUT2D eigenvalue weighted by Crippen LogP contribution is -2.51. The van der Waals surface area contributed by atoms with Gasteiger partial charge in [0.05, 0.1) is 6.10 Å². The first kappa shape index (κ1) is 16.5. The van der Waals surface area contributed by atoms with Gasteiger partial charge in [0.2, 0.25) is 0 Å². The van der Waals surface area contributed by atoms with Crippen LogP contribution in [0.3, 0.4) is 0 Å². The first-order chi connectivity index (χ1) is 9.90. The second-order valence-corrected chi connectivity index (χ2v) is 7.21.